The van der Waals surface area contributed by atoms with Gasteiger partial charge in [-0.05, 0) is 91.2 Å². The van der Waals surface area contributed by atoms with Crippen molar-refractivity contribution in [3.8, 4) is 0 Å². The first-order valence-corrected chi connectivity index (χ1v) is 15.9. The SMILES string of the molecule is CCC(CC)(c1ccc(CCC(OS(C)(C)C(C)(C)C)C(C)(C)C)c(C)c1)c1cc(C)cs1. The Balaban J connectivity index is 2.28. The van der Waals surface area contributed by atoms with Gasteiger partial charge in [-0.2, -0.15) is 0 Å². The third kappa shape index (κ3) is 6.47. The van der Waals surface area contributed by atoms with Crippen molar-refractivity contribution in [2.24, 2.45) is 5.41 Å². The smallest absolute Gasteiger partial charge is 0.0752 e. The molecule has 0 radical (unpaired) electrons. The van der Waals surface area contributed by atoms with Crippen LogP contribution < -0.4 is 0 Å². The monoisotopic (exact) mass is 490 g/mol. The number of hydrogen-bond acceptors (Lipinski definition) is 2. The van der Waals surface area contributed by atoms with E-state index in [2.05, 4.69) is 111 Å². The summed E-state index contributed by atoms with van der Waals surface area (Å²) in [7, 11) is -1.15. The molecule has 2 aromatic rings. The highest BCUT2D eigenvalue weighted by Gasteiger charge is 2.36. The first-order valence-electron chi connectivity index (χ1n) is 12.6. The van der Waals surface area contributed by atoms with E-state index in [-0.39, 0.29) is 21.7 Å². The second-order valence-electron chi connectivity index (χ2n) is 12.3. The predicted octanol–water partition coefficient (Wildman–Crippen LogP) is 9.61. The first-order chi connectivity index (χ1) is 15.1. The van der Waals surface area contributed by atoms with Crippen molar-refractivity contribution in [1.29, 1.82) is 0 Å². The van der Waals surface area contributed by atoms with Gasteiger partial charge in [-0.25, -0.2) is 0 Å². The van der Waals surface area contributed by atoms with Gasteiger partial charge in [-0.15, -0.1) is 21.6 Å². The molecule has 0 aliphatic heterocycles. The standard InChI is InChI=1S/C30H50OS2/c1-13-30(14-2,27-19-22(3)21-32-27)25-17-15-24(23(4)20-25)16-18-26(28(5,6)7)31-33(11,12)29(8,9)10/h15,17,19-21,26H,13-14,16,18H2,1-12H3. The maximum Gasteiger partial charge on any atom is 0.0752 e. The number of rotatable bonds is 9. The van der Waals surface area contributed by atoms with E-state index in [1.807, 2.05) is 11.3 Å². The van der Waals surface area contributed by atoms with Crippen molar-refractivity contribution in [3.05, 3.63) is 56.8 Å². The van der Waals surface area contributed by atoms with Crippen LogP contribution in [-0.4, -0.2) is 23.4 Å². The average Bonchev–Trinajstić information content (AvgIpc) is 3.12. The zero-order chi connectivity index (χ0) is 25.2. The van der Waals surface area contributed by atoms with Gasteiger partial charge in [0.1, 0.15) is 0 Å². The van der Waals surface area contributed by atoms with E-state index in [0.29, 0.717) is 0 Å². The Kier molecular flexibility index (Phi) is 9.02. The molecule has 2 rings (SSSR count). The van der Waals surface area contributed by atoms with Gasteiger partial charge < -0.3 is 4.18 Å². The summed E-state index contributed by atoms with van der Waals surface area (Å²) in [5, 5.41) is 2.30. The molecule has 1 heterocycles. The second kappa shape index (κ2) is 10.5. The Bertz CT molecular complexity index is 904. The Hall–Kier alpha value is -0.770. The van der Waals surface area contributed by atoms with Crippen LogP contribution in [0.25, 0.3) is 0 Å². The molecule has 1 unspecified atom stereocenters. The third-order valence-corrected chi connectivity index (χ3v) is 12.7. The zero-order valence-electron chi connectivity index (χ0n) is 23.5. The molecule has 0 fully saturated rings. The van der Waals surface area contributed by atoms with Gasteiger partial charge in [0.15, 0.2) is 0 Å². The van der Waals surface area contributed by atoms with Crippen LogP contribution in [0, 0.1) is 19.3 Å². The van der Waals surface area contributed by atoms with E-state index in [9.17, 15) is 0 Å². The van der Waals surface area contributed by atoms with Crippen molar-refractivity contribution in [3.63, 3.8) is 0 Å². The fourth-order valence-electron chi connectivity index (χ4n) is 4.45. The molecule has 0 aliphatic rings. The Morgan fingerprint density at radius 3 is 1.97 bits per heavy atom. The molecule has 0 spiro atoms. The molecule has 0 bridgehead atoms. The van der Waals surface area contributed by atoms with Crippen LogP contribution in [0.5, 0.6) is 0 Å². The largest absolute Gasteiger partial charge is 0.333 e. The van der Waals surface area contributed by atoms with Crippen molar-refractivity contribution in [2.45, 2.75) is 111 Å². The van der Waals surface area contributed by atoms with Gasteiger partial charge in [-0.1, -0.05) is 73.6 Å². The van der Waals surface area contributed by atoms with Crippen molar-refractivity contribution < 1.29 is 4.18 Å². The van der Waals surface area contributed by atoms with Crippen LogP contribution in [0.15, 0.2) is 29.6 Å². The lowest BCUT2D eigenvalue weighted by Crippen LogP contribution is -2.35. The van der Waals surface area contributed by atoms with Crippen LogP contribution in [-0.2, 0) is 16.0 Å². The summed E-state index contributed by atoms with van der Waals surface area (Å²) < 4.78 is 7.06. The number of hydrogen-bond donors (Lipinski definition) is 0. The van der Waals surface area contributed by atoms with Crippen LogP contribution in [0.2, 0.25) is 0 Å². The number of thiophene rings is 1. The molecular formula is C30H50OS2. The lowest BCUT2D eigenvalue weighted by molar-refractivity contribution is 0.0927. The molecule has 0 amide bonds. The van der Waals surface area contributed by atoms with Gasteiger partial charge in [0.05, 0.1) is 6.10 Å². The second-order valence-corrected chi connectivity index (χ2v) is 17.0. The van der Waals surface area contributed by atoms with Gasteiger partial charge in [-0.3, -0.25) is 0 Å². The van der Waals surface area contributed by atoms with E-state index in [0.717, 1.165) is 25.7 Å². The summed E-state index contributed by atoms with van der Waals surface area (Å²) in [6.07, 6.45) is 9.30. The molecule has 0 saturated carbocycles. The molecule has 0 N–H and O–H groups in total. The topological polar surface area (TPSA) is 9.23 Å². The zero-order valence-corrected chi connectivity index (χ0v) is 25.2. The summed E-state index contributed by atoms with van der Waals surface area (Å²) in [5.74, 6) is 0. The van der Waals surface area contributed by atoms with Crippen LogP contribution in [0.1, 0.15) is 102 Å². The van der Waals surface area contributed by atoms with Crippen molar-refractivity contribution in [1.82, 2.24) is 0 Å². The molecule has 33 heavy (non-hydrogen) atoms. The van der Waals surface area contributed by atoms with Gasteiger partial charge in [0.2, 0.25) is 0 Å². The van der Waals surface area contributed by atoms with Gasteiger partial charge in [0, 0.05) is 15.0 Å². The normalized spacial score (nSPS) is 15.0. The lowest BCUT2D eigenvalue weighted by Gasteiger charge is -2.48. The average molecular weight is 491 g/mol. The minimum Gasteiger partial charge on any atom is -0.333 e. The number of benzene rings is 1. The van der Waals surface area contributed by atoms with Crippen molar-refractivity contribution >= 4 is 21.6 Å². The Labute approximate surface area is 211 Å². The van der Waals surface area contributed by atoms with Gasteiger partial charge in [0.25, 0.3) is 0 Å². The van der Waals surface area contributed by atoms with E-state index in [1.54, 1.807) is 0 Å². The minimum absolute atomic E-state index is 0.124. The maximum absolute atomic E-state index is 6.89. The fourth-order valence-corrected chi connectivity index (χ4v) is 6.97. The summed E-state index contributed by atoms with van der Waals surface area (Å²) in [6.45, 7) is 23.1. The van der Waals surface area contributed by atoms with E-state index < -0.39 is 10.3 Å². The Morgan fingerprint density at radius 2 is 1.55 bits per heavy atom. The number of aryl methyl sites for hydroxylation is 3. The quantitative estimate of drug-likeness (QED) is 0.340. The molecule has 0 saturated heterocycles. The molecule has 188 valence electrons. The van der Waals surface area contributed by atoms with Gasteiger partial charge >= 0.3 is 0 Å². The van der Waals surface area contributed by atoms with Crippen molar-refractivity contribution in [2.75, 3.05) is 12.5 Å². The third-order valence-electron chi connectivity index (χ3n) is 7.78. The summed E-state index contributed by atoms with van der Waals surface area (Å²) in [6, 6.07) is 9.66. The highest BCUT2D eigenvalue weighted by molar-refractivity contribution is 8.29. The molecule has 3 heteroatoms. The predicted molar refractivity (Wildman–Crippen MR) is 153 cm³/mol. The summed E-state index contributed by atoms with van der Waals surface area (Å²) >= 11 is 1.92. The summed E-state index contributed by atoms with van der Waals surface area (Å²) in [4.78, 5) is 1.51. The molecule has 1 aromatic carbocycles. The van der Waals surface area contributed by atoms with Crippen LogP contribution >= 0.6 is 21.6 Å². The highest BCUT2D eigenvalue weighted by Crippen LogP contribution is 2.56. The Morgan fingerprint density at radius 1 is 0.939 bits per heavy atom. The first kappa shape index (κ1) is 28.5. The molecule has 1 atom stereocenters. The minimum atomic E-state index is -1.15. The van der Waals surface area contributed by atoms with Crippen LogP contribution in [0.3, 0.4) is 0 Å². The highest BCUT2D eigenvalue weighted by atomic mass is 32.3. The van der Waals surface area contributed by atoms with Crippen LogP contribution in [0.4, 0.5) is 0 Å². The molecule has 1 aromatic heterocycles. The lowest BCUT2D eigenvalue weighted by atomic mass is 9.73. The molecule has 1 nitrogen and oxygen atoms in total. The fraction of sp³-hybridized carbons (Fsp3) is 0.667. The van der Waals surface area contributed by atoms with E-state index >= 15 is 0 Å². The summed E-state index contributed by atoms with van der Waals surface area (Å²) in [5.41, 5.74) is 5.98. The maximum atomic E-state index is 6.89. The van der Waals surface area contributed by atoms with E-state index in [4.69, 9.17) is 4.18 Å². The molecule has 0 aliphatic carbocycles. The van der Waals surface area contributed by atoms with E-state index in [1.165, 1.54) is 27.1 Å². The molecular weight excluding hydrogens is 440 g/mol.